The van der Waals surface area contributed by atoms with Crippen molar-refractivity contribution in [3.8, 4) is 5.75 Å². The fourth-order valence-corrected chi connectivity index (χ4v) is 2.03. The first-order valence-electron chi connectivity index (χ1n) is 6.41. The van der Waals surface area contributed by atoms with Gasteiger partial charge in [0.1, 0.15) is 0 Å². The van der Waals surface area contributed by atoms with E-state index in [1.54, 1.807) is 17.0 Å². The monoisotopic (exact) mass is 267 g/mol. The summed E-state index contributed by atoms with van der Waals surface area (Å²) < 4.78 is 18.5. The summed E-state index contributed by atoms with van der Waals surface area (Å²) in [5, 5.41) is 9.80. The number of hydrogen-bond donors (Lipinski definition) is 1. The van der Waals surface area contributed by atoms with Gasteiger partial charge in [0.2, 0.25) is 5.91 Å². The quantitative estimate of drug-likeness (QED) is 0.881. The summed E-state index contributed by atoms with van der Waals surface area (Å²) in [6, 6.07) is 6.10. The van der Waals surface area contributed by atoms with Crippen LogP contribution in [0.4, 0.5) is 4.39 Å². The summed E-state index contributed by atoms with van der Waals surface area (Å²) in [5.41, 5.74) is -0.720. The maximum Gasteiger partial charge on any atom is 0.226 e. The SMILES string of the molecule is CCC1(O)CN(C(=O)CCOc2ccccc2F)C1. The van der Waals surface area contributed by atoms with Crippen LogP contribution < -0.4 is 4.74 Å². The number of aliphatic hydroxyl groups is 1. The summed E-state index contributed by atoms with van der Waals surface area (Å²) >= 11 is 0. The predicted octanol–water partition coefficient (Wildman–Crippen LogP) is 1.58. The number of hydrogen-bond acceptors (Lipinski definition) is 3. The Morgan fingerprint density at radius 2 is 2.16 bits per heavy atom. The standard InChI is InChI=1S/C14H18FNO3/c1-2-14(18)9-16(10-14)13(17)7-8-19-12-6-4-3-5-11(12)15/h3-6,18H,2,7-10H2,1H3. The van der Waals surface area contributed by atoms with E-state index >= 15 is 0 Å². The fourth-order valence-electron chi connectivity index (χ4n) is 2.03. The minimum Gasteiger partial charge on any atom is -0.490 e. The molecule has 0 bridgehead atoms. The van der Waals surface area contributed by atoms with Crippen LogP contribution in [0.3, 0.4) is 0 Å². The van der Waals surface area contributed by atoms with E-state index in [2.05, 4.69) is 0 Å². The van der Waals surface area contributed by atoms with Gasteiger partial charge in [0.05, 0.1) is 31.7 Å². The first-order chi connectivity index (χ1) is 9.04. The number of carbonyl (C=O) groups is 1. The van der Waals surface area contributed by atoms with Gasteiger partial charge in [0.15, 0.2) is 11.6 Å². The second-order valence-corrected chi connectivity index (χ2v) is 4.86. The van der Waals surface area contributed by atoms with E-state index < -0.39 is 11.4 Å². The summed E-state index contributed by atoms with van der Waals surface area (Å²) in [6.07, 6.45) is 0.830. The maximum atomic E-state index is 13.2. The highest BCUT2D eigenvalue weighted by molar-refractivity contribution is 5.77. The smallest absolute Gasteiger partial charge is 0.226 e. The van der Waals surface area contributed by atoms with Gasteiger partial charge in [-0.1, -0.05) is 19.1 Å². The summed E-state index contributed by atoms with van der Waals surface area (Å²) in [5.74, 6) is -0.349. The van der Waals surface area contributed by atoms with E-state index in [0.29, 0.717) is 19.5 Å². The van der Waals surface area contributed by atoms with Crippen molar-refractivity contribution in [2.24, 2.45) is 0 Å². The lowest BCUT2D eigenvalue weighted by Gasteiger charge is -2.46. The van der Waals surface area contributed by atoms with Crippen molar-refractivity contribution in [2.45, 2.75) is 25.4 Å². The number of ether oxygens (including phenoxy) is 1. The molecule has 0 spiro atoms. The van der Waals surface area contributed by atoms with Gasteiger partial charge in [-0.3, -0.25) is 4.79 Å². The van der Waals surface area contributed by atoms with Gasteiger partial charge in [-0.15, -0.1) is 0 Å². The van der Waals surface area contributed by atoms with Crippen molar-refractivity contribution < 1.29 is 19.0 Å². The van der Waals surface area contributed by atoms with E-state index in [0.717, 1.165) is 0 Å². The normalized spacial score (nSPS) is 16.9. The van der Waals surface area contributed by atoms with E-state index in [9.17, 15) is 14.3 Å². The lowest BCUT2D eigenvalue weighted by molar-refractivity contribution is -0.156. The molecule has 0 unspecified atom stereocenters. The van der Waals surface area contributed by atoms with E-state index in [-0.39, 0.29) is 24.7 Å². The van der Waals surface area contributed by atoms with Gasteiger partial charge in [0, 0.05) is 0 Å². The molecule has 1 amide bonds. The van der Waals surface area contributed by atoms with Crippen LogP contribution in [-0.4, -0.2) is 41.2 Å². The Balaban J connectivity index is 1.72. The minimum absolute atomic E-state index is 0.0746. The van der Waals surface area contributed by atoms with Crippen LogP contribution in [0.1, 0.15) is 19.8 Å². The fraction of sp³-hybridized carbons (Fsp3) is 0.500. The van der Waals surface area contributed by atoms with Crippen LogP contribution in [0.5, 0.6) is 5.75 Å². The van der Waals surface area contributed by atoms with Gasteiger partial charge in [-0.25, -0.2) is 4.39 Å². The molecule has 0 atom stereocenters. The molecule has 0 radical (unpaired) electrons. The minimum atomic E-state index is -0.720. The highest BCUT2D eigenvalue weighted by Crippen LogP contribution is 2.24. The van der Waals surface area contributed by atoms with Crippen LogP contribution in [0, 0.1) is 5.82 Å². The molecule has 104 valence electrons. The number of nitrogens with zero attached hydrogens (tertiary/aromatic N) is 1. The molecule has 0 aromatic heterocycles. The number of para-hydroxylation sites is 1. The maximum absolute atomic E-state index is 13.2. The molecule has 1 saturated heterocycles. The van der Waals surface area contributed by atoms with Gasteiger partial charge in [-0.05, 0) is 18.6 Å². The average Bonchev–Trinajstić information content (AvgIpc) is 2.37. The number of β-amino-alcohol motifs (C(OH)–C–C–N with tert-alkyl or cyclic N) is 1. The van der Waals surface area contributed by atoms with E-state index in [1.807, 2.05) is 6.92 Å². The van der Waals surface area contributed by atoms with Crippen LogP contribution >= 0.6 is 0 Å². The van der Waals surface area contributed by atoms with E-state index in [4.69, 9.17) is 4.74 Å². The number of carbonyl (C=O) groups excluding carboxylic acids is 1. The first kappa shape index (κ1) is 13.8. The van der Waals surface area contributed by atoms with Gasteiger partial charge in [-0.2, -0.15) is 0 Å². The van der Waals surface area contributed by atoms with Gasteiger partial charge < -0.3 is 14.7 Å². The number of amides is 1. The van der Waals surface area contributed by atoms with Crippen LogP contribution in [0.2, 0.25) is 0 Å². The molecule has 1 aromatic carbocycles. The molecule has 1 N–H and O–H groups in total. The Hall–Kier alpha value is -1.62. The molecule has 0 saturated carbocycles. The van der Waals surface area contributed by atoms with Crippen molar-refractivity contribution in [2.75, 3.05) is 19.7 Å². The van der Waals surface area contributed by atoms with Crippen LogP contribution in [0.25, 0.3) is 0 Å². The highest BCUT2D eigenvalue weighted by Gasteiger charge is 2.41. The number of halogens is 1. The second kappa shape index (κ2) is 5.57. The Morgan fingerprint density at radius 1 is 1.47 bits per heavy atom. The van der Waals surface area contributed by atoms with Crippen molar-refractivity contribution in [3.63, 3.8) is 0 Å². The molecular weight excluding hydrogens is 249 g/mol. The van der Waals surface area contributed by atoms with Crippen molar-refractivity contribution in [3.05, 3.63) is 30.1 Å². The third-order valence-corrected chi connectivity index (χ3v) is 3.39. The first-order valence-corrected chi connectivity index (χ1v) is 6.41. The molecule has 4 nitrogen and oxygen atoms in total. The molecule has 1 fully saturated rings. The lowest BCUT2D eigenvalue weighted by atomic mass is 9.91. The molecular formula is C14H18FNO3. The van der Waals surface area contributed by atoms with Crippen molar-refractivity contribution in [1.82, 2.24) is 4.90 Å². The van der Waals surface area contributed by atoms with Gasteiger partial charge in [0.25, 0.3) is 0 Å². The second-order valence-electron chi connectivity index (χ2n) is 4.86. The Bertz CT molecular complexity index is 458. The highest BCUT2D eigenvalue weighted by atomic mass is 19.1. The average molecular weight is 267 g/mol. The van der Waals surface area contributed by atoms with Crippen LogP contribution in [-0.2, 0) is 4.79 Å². The Kier molecular flexibility index (Phi) is 4.04. The Labute approximate surface area is 111 Å². The van der Waals surface area contributed by atoms with Crippen LogP contribution in [0.15, 0.2) is 24.3 Å². The number of rotatable bonds is 5. The largest absolute Gasteiger partial charge is 0.490 e. The van der Waals surface area contributed by atoms with Crippen molar-refractivity contribution in [1.29, 1.82) is 0 Å². The summed E-state index contributed by atoms with van der Waals surface area (Å²) in [4.78, 5) is 13.3. The molecule has 5 heteroatoms. The summed E-state index contributed by atoms with van der Waals surface area (Å²) in [6.45, 7) is 2.79. The van der Waals surface area contributed by atoms with Gasteiger partial charge >= 0.3 is 0 Å². The predicted molar refractivity (Wildman–Crippen MR) is 68.3 cm³/mol. The summed E-state index contributed by atoms with van der Waals surface area (Å²) in [7, 11) is 0. The Morgan fingerprint density at radius 3 is 2.79 bits per heavy atom. The number of likely N-dealkylation sites (tertiary alicyclic amines) is 1. The molecule has 1 heterocycles. The lowest BCUT2D eigenvalue weighted by Crippen LogP contribution is -2.63. The van der Waals surface area contributed by atoms with E-state index in [1.165, 1.54) is 12.1 Å². The molecule has 1 aromatic rings. The molecule has 1 aliphatic heterocycles. The third kappa shape index (κ3) is 3.23. The number of benzene rings is 1. The molecule has 0 aliphatic carbocycles. The zero-order valence-electron chi connectivity index (χ0n) is 10.9. The zero-order valence-corrected chi connectivity index (χ0v) is 10.9. The molecule has 1 aliphatic rings. The molecule has 2 rings (SSSR count). The third-order valence-electron chi connectivity index (χ3n) is 3.39. The zero-order chi connectivity index (χ0) is 13.9. The molecule has 19 heavy (non-hydrogen) atoms. The topological polar surface area (TPSA) is 49.8 Å². The van der Waals surface area contributed by atoms with Crippen molar-refractivity contribution >= 4 is 5.91 Å².